The van der Waals surface area contributed by atoms with Gasteiger partial charge >= 0.3 is 0 Å². The molecule has 1 aromatic heterocycles. The summed E-state index contributed by atoms with van der Waals surface area (Å²) in [7, 11) is 0. The van der Waals surface area contributed by atoms with E-state index in [9.17, 15) is 9.59 Å². The van der Waals surface area contributed by atoms with Crippen LogP contribution >= 0.6 is 23.2 Å². The van der Waals surface area contributed by atoms with Crippen LogP contribution in [0.2, 0.25) is 10.2 Å². The number of carbonyl (C=O) groups excluding carboxylic acids is 2. The molecule has 14 heteroatoms. The Morgan fingerprint density at radius 3 is 2.55 bits per heavy atom. The maximum Gasteiger partial charge on any atom is 0.273 e. The van der Waals surface area contributed by atoms with E-state index in [4.69, 9.17) is 38.8 Å². The van der Waals surface area contributed by atoms with Crippen LogP contribution in [0.25, 0.3) is 0 Å². The minimum atomic E-state index is -0.518. The van der Waals surface area contributed by atoms with Crippen molar-refractivity contribution in [1.29, 1.82) is 0 Å². The van der Waals surface area contributed by atoms with E-state index < -0.39 is 5.91 Å². The number of aromatic nitrogens is 2. The third-order valence-corrected chi connectivity index (χ3v) is 9.28. The lowest BCUT2D eigenvalue weighted by Gasteiger charge is -2.47. The van der Waals surface area contributed by atoms with Crippen LogP contribution in [0, 0.1) is 0 Å². The Hall–Kier alpha value is -2.74. The Kier molecular flexibility index (Phi) is 11.2. The van der Waals surface area contributed by atoms with Crippen LogP contribution in [-0.4, -0.2) is 126 Å². The van der Waals surface area contributed by atoms with Crippen LogP contribution in [0.3, 0.4) is 0 Å². The highest BCUT2D eigenvalue weighted by molar-refractivity contribution is 6.32. The lowest BCUT2D eigenvalue weighted by Crippen LogP contribution is -2.58. The molecular formula is C30H42Cl2N8O4. The Balaban J connectivity index is 1.19. The number of piperidine rings is 1. The van der Waals surface area contributed by atoms with Gasteiger partial charge in [0.25, 0.3) is 11.8 Å². The molecule has 240 valence electrons. The smallest absolute Gasteiger partial charge is 0.273 e. The van der Waals surface area contributed by atoms with E-state index in [1.165, 1.54) is 0 Å². The van der Waals surface area contributed by atoms with Gasteiger partial charge in [0.2, 0.25) is 0 Å². The zero-order chi connectivity index (χ0) is 31.2. The SMILES string of the molecule is CC[C@H]1CN(c2nc(N)c(C(=O)NCCO)nc2Cl)CCN1C1CCN(Cc2ccc(Cl)cc2C(=O)N2CCOCC2)CC1. The highest BCUT2D eigenvalue weighted by atomic mass is 35.5. The van der Waals surface area contributed by atoms with Gasteiger partial charge in [-0.1, -0.05) is 36.2 Å². The molecule has 0 unspecified atom stereocenters. The molecule has 3 fully saturated rings. The number of benzene rings is 1. The van der Waals surface area contributed by atoms with Crippen molar-refractivity contribution in [2.75, 3.05) is 82.8 Å². The number of aliphatic hydroxyl groups is 1. The minimum absolute atomic E-state index is 0.0122. The number of halogens is 2. The third kappa shape index (κ3) is 7.55. The van der Waals surface area contributed by atoms with Gasteiger partial charge in [0.1, 0.15) is 0 Å². The number of hydrogen-bond acceptors (Lipinski definition) is 10. The lowest BCUT2D eigenvalue weighted by molar-refractivity contribution is 0.0300. The topological polar surface area (TPSA) is 140 Å². The summed E-state index contributed by atoms with van der Waals surface area (Å²) in [6, 6.07) is 6.43. The Bertz CT molecular complexity index is 1320. The molecule has 12 nitrogen and oxygen atoms in total. The molecular weight excluding hydrogens is 607 g/mol. The number of nitrogens with two attached hydrogens (primary N) is 1. The number of amides is 2. The second-order valence-corrected chi connectivity index (χ2v) is 12.3. The number of rotatable bonds is 9. The summed E-state index contributed by atoms with van der Waals surface area (Å²) in [5.41, 5.74) is 7.75. The summed E-state index contributed by atoms with van der Waals surface area (Å²) < 4.78 is 5.43. The van der Waals surface area contributed by atoms with Crippen LogP contribution in [0.1, 0.15) is 52.6 Å². The van der Waals surface area contributed by atoms with Crippen molar-refractivity contribution < 1.29 is 19.4 Å². The summed E-state index contributed by atoms with van der Waals surface area (Å²) in [5.74, 6) is 0.00551. The van der Waals surface area contributed by atoms with Crippen molar-refractivity contribution in [3.63, 3.8) is 0 Å². The molecule has 0 radical (unpaired) electrons. The van der Waals surface area contributed by atoms with Gasteiger partial charge in [-0.25, -0.2) is 9.97 Å². The molecule has 44 heavy (non-hydrogen) atoms. The fourth-order valence-electron chi connectivity index (χ4n) is 6.42. The van der Waals surface area contributed by atoms with Crippen LogP contribution in [0.4, 0.5) is 11.6 Å². The second-order valence-electron chi connectivity index (χ2n) is 11.5. The molecule has 3 aliphatic heterocycles. The van der Waals surface area contributed by atoms with Gasteiger partial charge in [-0.05, 0) is 50.0 Å². The molecule has 0 spiro atoms. The van der Waals surface area contributed by atoms with E-state index in [2.05, 4.69) is 36.9 Å². The molecule has 3 saturated heterocycles. The number of likely N-dealkylation sites (tertiary alicyclic amines) is 1. The number of carbonyl (C=O) groups is 2. The van der Waals surface area contributed by atoms with E-state index in [1.807, 2.05) is 17.0 Å². The summed E-state index contributed by atoms with van der Waals surface area (Å²) in [6.07, 6.45) is 3.06. The largest absolute Gasteiger partial charge is 0.395 e. The van der Waals surface area contributed by atoms with Gasteiger partial charge in [-0.15, -0.1) is 0 Å². The van der Waals surface area contributed by atoms with Crippen molar-refractivity contribution in [2.45, 2.75) is 44.8 Å². The molecule has 0 bridgehead atoms. The second kappa shape index (κ2) is 15.0. The lowest BCUT2D eigenvalue weighted by atomic mass is 9.97. The standard InChI is InChI=1S/C30H42Cl2N8O4/c1-2-22-19-39(28-26(32)35-25(27(33)36-28)29(42)34-7-14-41)10-11-40(22)23-5-8-37(9-6-23)18-20-3-4-21(31)17-24(20)30(43)38-12-15-44-16-13-38/h3-4,17,22-23,41H,2,5-16,18-19H2,1H3,(H2,33,36)(H,34,42)/t22-/m0/s1. The van der Waals surface area contributed by atoms with Gasteiger partial charge in [0.05, 0.1) is 19.8 Å². The molecule has 1 atom stereocenters. The fourth-order valence-corrected chi connectivity index (χ4v) is 6.84. The number of aliphatic hydroxyl groups excluding tert-OH is 1. The van der Waals surface area contributed by atoms with E-state index >= 15 is 0 Å². The van der Waals surface area contributed by atoms with Crippen LogP contribution < -0.4 is 16.0 Å². The summed E-state index contributed by atoms with van der Waals surface area (Å²) in [6.45, 7) is 9.34. The molecule has 3 aliphatic rings. The molecule has 0 aliphatic carbocycles. The molecule has 0 saturated carbocycles. The third-order valence-electron chi connectivity index (χ3n) is 8.80. The summed E-state index contributed by atoms with van der Waals surface area (Å²) in [5, 5.41) is 12.2. The van der Waals surface area contributed by atoms with E-state index in [1.54, 1.807) is 6.07 Å². The highest BCUT2D eigenvalue weighted by Gasteiger charge is 2.35. The average molecular weight is 650 g/mol. The summed E-state index contributed by atoms with van der Waals surface area (Å²) in [4.78, 5) is 43.3. The van der Waals surface area contributed by atoms with Crippen LogP contribution in [-0.2, 0) is 11.3 Å². The Labute approximate surface area is 268 Å². The fraction of sp³-hybridized carbons (Fsp3) is 0.600. The van der Waals surface area contributed by atoms with Gasteiger partial charge in [0, 0.05) is 68.5 Å². The number of ether oxygens (including phenoxy) is 1. The maximum absolute atomic E-state index is 13.3. The number of piperazine rings is 1. The minimum Gasteiger partial charge on any atom is -0.395 e. The van der Waals surface area contributed by atoms with Gasteiger partial charge in [-0.2, -0.15) is 0 Å². The van der Waals surface area contributed by atoms with E-state index in [0.717, 1.165) is 57.5 Å². The van der Waals surface area contributed by atoms with E-state index in [-0.39, 0.29) is 35.7 Å². The summed E-state index contributed by atoms with van der Waals surface area (Å²) >= 11 is 12.8. The molecule has 4 N–H and O–H groups in total. The molecule has 5 rings (SSSR count). The van der Waals surface area contributed by atoms with Crippen molar-refractivity contribution in [3.05, 3.63) is 45.2 Å². The normalized spacial score (nSPS) is 20.6. The van der Waals surface area contributed by atoms with Crippen molar-refractivity contribution in [3.8, 4) is 0 Å². The van der Waals surface area contributed by atoms with E-state index in [0.29, 0.717) is 61.3 Å². The quantitative estimate of drug-likeness (QED) is 0.370. The molecule has 2 aromatic rings. The number of nitrogen functional groups attached to an aromatic ring is 1. The maximum atomic E-state index is 13.3. The van der Waals surface area contributed by atoms with Crippen LogP contribution in [0.5, 0.6) is 0 Å². The van der Waals surface area contributed by atoms with Crippen molar-refractivity contribution in [1.82, 2.24) is 30.0 Å². The average Bonchev–Trinajstić information content (AvgIpc) is 3.05. The number of nitrogens with one attached hydrogen (secondary N) is 1. The number of nitrogens with zero attached hydrogens (tertiary/aromatic N) is 6. The monoisotopic (exact) mass is 648 g/mol. The highest BCUT2D eigenvalue weighted by Crippen LogP contribution is 2.30. The first-order valence-electron chi connectivity index (χ1n) is 15.4. The first-order chi connectivity index (χ1) is 21.3. The predicted molar refractivity (Wildman–Crippen MR) is 170 cm³/mol. The first-order valence-corrected chi connectivity index (χ1v) is 16.1. The number of anilines is 2. The van der Waals surface area contributed by atoms with Crippen molar-refractivity contribution in [2.24, 2.45) is 0 Å². The van der Waals surface area contributed by atoms with Gasteiger partial charge in [0.15, 0.2) is 22.5 Å². The van der Waals surface area contributed by atoms with Gasteiger partial charge in [-0.3, -0.25) is 19.4 Å². The molecule has 1 aromatic carbocycles. The zero-order valence-electron chi connectivity index (χ0n) is 25.2. The molecule has 2 amide bonds. The van der Waals surface area contributed by atoms with Gasteiger partial charge < -0.3 is 30.7 Å². The Morgan fingerprint density at radius 2 is 1.84 bits per heavy atom. The predicted octanol–water partition coefficient (Wildman–Crippen LogP) is 2.13. The zero-order valence-corrected chi connectivity index (χ0v) is 26.7. The van der Waals surface area contributed by atoms with Crippen molar-refractivity contribution >= 4 is 46.7 Å². The number of hydrogen-bond donors (Lipinski definition) is 3. The number of morpholine rings is 1. The van der Waals surface area contributed by atoms with Crippen LogP contribution in [0.15, 0.2) is 18.2 Å². The Morgan fingerprint density at radius 1 is 1.09 bits per heavy atom. The first kappa shape index (κ1) is 32.6. The molecule has 4 heterocycles.